The third-order valence-electron chi connectivity index (χ3n) is 2.95. The highest BCUT2D eigenvalue weighted by Gasteiger charge is 2.20. The van der Waals surface area contributed by atoms with E-state index in [0.29, 0.717) is 0 Å². The Balaban J connectivity index is 2.26. The van der Waals surface area contributed by atoms with E-state index >= 15 is 0 Å². The molecule has 0 saturated heterocycles. The van der Waals surface area contributed by atoms with Crippen LogP contribution in [-0.4, -0.2) is 11.0 Å². The van der Waals surface area contributed by atoms with Crippen molar-refractivity contribution < 1.29 is 4.39 Å². The Morgan fingerprint density at radius 1 is 1.26 bits per heavy atom. The monoisotopic (exact) mass is 276 g/mol. The van der Waals surface area contributed by atoms with Gasteiger partial charge in [-0.25, -0.2) is 4.39 Å². The molecule has 0 spiro atoms. The fourth-order valence-corrected chi connectivity index (χ4v) is 3.09. The summed E-state index contributed by atoms with van der Waals surface area (Å²) in [4.78, 5) is 5.09. The van der Waals surface area contributed by atoms with Crippen molar-refractivity contribution in [2.45, 2.75) is 29.5 Å². The molecule has 0 aliphatic heterocycles. The van der Waals surface area contributed by atoms with Crippen LogP contribution in [-0.2, 0) is 0 Å². The van der Waals surface area contributed by atoms with Gasteiger partial charge in [-0.15, -0.1) is 11.8 Å². The van der Waals surface area contributed by atoms with E-state index < -0.39 is 0 Å². The average Bonchev–Trinajstić information content (AvgIpc) is 2.45. The van der Waals surface area contributed by atoms with Crippen LogP contribution in [0.3, 0.4) is 0 Å². The topological polar surface area (TPSA) is 38.9 Å². The third kappa shape index (κ3) is 3.78. The molecule has 0 amide bonds. The number of aromatic nitrogens is 1. The van der Waals surface area contributed by atoms with Gasteiger partial charge in [-0.2, -0.15) is 0 Å². The van der Waals surface area contributed by atoms with E-state index in [1.54, 1.807) is 36.3 Å². The van der Waals surface area contributed by atoms with Crippen LogP contribution in [0.5, 0.6) is 0 Å². The second-order valence-electron chi connectivity index (χ2n) is 4.35. The summed E-state index contributed by atoms with van der Waals surface area (Å²) in [5.41, 5.74) is 7.12. The normalized spacial score (nSPS) is 14.1. The number of benzene rings is 1. The number of hydrogen-bond donors (Lipinski definition) is 1. The van der Waals surface area contributed by atoms with Gasteiger partial charge in [0.2, 0.25) is 0 Å². The number of halogens is 1. The molecule has 0 aliphatic rings. The minimum atomic E-state index is -0.221. The molecule has 2 unspecified atom stereocenters. The van der Waals surface area contributed by atoms with Crippen molar-refractivity contribution in [2.75, 3.05) is 0 Å². The first kappa shape index (κ1) is 14.0. The Morgan fingerprint density at radius 2 is 2.00 bits per heavy atom. The second-order valence-corrected chi connectivity index (χ2v) is 5.56. The van der Waals surface area contributed by atoms with E-state index in [4.69, 9.17) is 5.73 Å². The highest BCUT2D eigenvalue weighted by Crippen LogP contribution is 2.37. The van der Waals surface area contributed by atoms with E-state index in [1.807, 2.05) is 25.1 Å². The van der Waals surface area contributed by atoms with Crippen LogP contribution >= 0.6 is 11.8 Å². The number of thioether (sulfide) groups is 1. The summed E-state index contributed by atoms with van der Waals surface area (Å²) in [6.07, 6.45) is 4.35. The molecule has 2 rings (SSSR count). The van der Waals surface area contributed by atoms with Crippen molar-refractivity contribution in [3.8, 4) is 0 Å². The zero-order valence-corrected chi connectivity index (χ0v) is 11.6. The standard InChI is InChI=1S/C15H17FN2S/c1-2-14(17)15(11-4-3-5-12(16)10-11)19-13-6-8-18-9-7-13/h3-10,14-15H,2,17H2,1H3. The van der Waals surface area contributed by atoms with Crippen molar-refractivity contribution in [3.05, 3.63) is 60.2 Å². The lowest BCUT2D eigenvalue weighted by atomic mass is 10.0. The zero-order valence-electron chi connectivity index (χ0n) is 10.8. The predicted molar refractivity (Wildman–Crippen MR) is 77.5 cm³/mol. The molecule has 19 heavy (non-hydrogen) atoms. The van der Waals surface area contributed by atoms with Crippen LogP contribution in [0.25, 0.3) is 0 Å². The van der Waals surface area contributed by atoms with Gasteiger partial charge in [0, 0.05) is 28.6 Å². The molecule has 2 nitrogen and oxygen atoms in total. The molecular weight excluding hydrogens is 259 g/mol. The Kier molecular flexibility index (Phi) is 4.93. The number of hydrogen-bond acceptors (Lipinski definition) is 3. The number of nitrogens with zero attached hydrogens (tertiary/aromatic N) is 1. The van der Waals surface area contributed by atoms with Gasteiger partial charge in [-0.05, 0) is 36.2 Å². The van der Waals surface area contributed by atoms with Gasteiger partial charge in [-0.1, -0.05) is 19.1 Å². The first-order valence-electron chi connectivity index (χ1n) is 6.28. The molecule has 2 atom stereocenters. The molecule has 1 aromatic carbocycles. The van der Waals surface area contributed by atoms with Crippen molar-refractivity contribution in [1.29, 1.82) is 0 Å². The summed E-state index contributed by atoms with van der Waals surface area (Å²) in [6, 6.07) is 10.5. The van der Waals surface area contributed by atoms with E-state index in [-0.39, 0.29) is 17.1 Å². The molecule has 4 heteroatoms. The number of pyridine rings is 1. The predicted octanol–water partition coefficient (Wildman–Crippen LogP) is 3.79. The van der Waals surface area contributed by atoms with Gasteiger partial charge in [0.05, 0.1) is 0 Å². The molecular formula is C15H17FN2S. The zero-order chi connectivity index (χ0) is 13.7. The Bertz CT molecular complexity index is 519. The quantitative estimate of drug-likeness (QED) is 0.844. The Labute approximate surface area is 117 Å². The molecule has 1 heterocycles. The smallest absolute Gasteiger partial charge is 0.123 e. The minimum absolute atomic E-state index is 0.0139. The molecule has 0 fully saturated rings. The van der Waals surface area contributed by atoms with Crippen LogP contribution in [0.4, 0.5) is 4.39 Å². The van der Waals surface area contributed by atoms with Crippen molar-refractivity contribution >= 4 is 11.8 Å². The molecule has 100 valence electrons. The van der Waals surface area contributed by atoms with Gasteiger partial charge < -0.3 is 5.73 Å². The lowest BCUT2D eigenvalue weighted by Crippen LogP contribution is -2.25. The maximum Gasteiger partial charge on any atom is 0.123 e. The van der Waals surface area contributed by atoms with E-state index in [9.17, 15) is 4.39 Å². The first-order valence-corrected chi connectivity index (χ1v) is 7.16. The molecule has 1 aromatic heterocycles. The molecule has 0 radical (unpaired) electrons. The van der Waals surface area contributed by atoms with Crippen LogP contribution < -0.4 is 5.73 Å². The van der Waals surface area contributed by atoms with Gasteiger partial charge in [0.25, 0.3) is 0 Å². The average molecular weight is 276 g/mol. The van der Waals surface area contributed by atoms with E-state index in [0.717, 1.165) is 16.9 Å². The van der Waals surface area contributed by atoms with Crippen LogP contribution in [0.15, 0.2) is 53.7 Å². The summed E-state index contributed by atoms with van der Waals surface area (Å²) in [5.74, 6) is -0.221. The molecule has 0 aliphatic carbocycles. The Hall–Kier alpha value is -1.39. The van der Waals surface area contributed by atoms with Gasteiger partial charge in [0.1, 0.15) is 5.82 Å². The van der Waals surface area contributed by atoms with Gasteiger partial charge in [-0.3, -0.25) is 4.98 Å². The van der Waals surface area contributed by atoms with Gasteiger partial charge in [0.15, 0.2) is 0 Å². The maximum atomic E-state index is 13.4. The van der Waals surface area contributed by atoms with Crippen molar-refractivity contribution in [3.63, 3.8) is 0 Å². The fraction of sp³-hybridized carbons (Fsp3) is 0.267. The molecule has 0 saturated carbocycles. The lowest BCUT2D eigenvalue weighted by molar-refractivity contribution is 0.610. The summed E-state index contributed by atoms with van der Waals surface area (Å²) < 4.78 is 13.4. The van der Waals surface area contributed by atoms with Crippen molar-refractivity contribution in [2.24, 2.45) is 5.73 Å². The largest absolute Gasteiger partial charge is 0.326 e. The highest BCUT2D eigenvalue weighted by molar-refractivity contribution is 7.99. The van der Waals surface area contributed by atoms with Crippen molar-refractivity contribution in [1.82, 2.24) is 4.98 Å². The summed E-state index contributed by atoms with van der Waals surface area (Å²) >= 11 is 1.65. The number of rotatable bonds is 5. The Morgan fingerprint density at radius 3 is 2.63 bits per heavy atom. The second kappa shape index (κ2) is 6.68. The summed E-state index contributed by atoms with van der Waals surface area (Å²) in [5, 5.41) is 0.0445. The lowest BCUT2D eigenvalue weighted by Gasteiger charge is -2.23. The minimum Gasteiger partial charge on any atom is -0.326 e. The van der Waals surface area contributed by atoms with Gasteiger partial charge >= 0.3 is 0 Å². The fourth-order valence-electron chi connectivity index (χ4n) is 1.86. The summed E-state index contributed by atoms with van der Waals surface area (Å²) in [6.45, 7) is 2.05. The van der Waals surface area contributed by atoms with Crippen LogP contribution in [0.2, 0.25) is 0 Å². The van der Waals surface area contributed by atoms with Crippen LogP contribution in [0.1, 0.15) is 24.2 Å². The number of nitrogens with two attached hydrogens (primary N) is 1. The highest BCUT2D eigenvalue weighted by atomic mass is 32.2. The van der Waals surface area contributed by atoms with E-state index in [2.05, 4.69) is 4.98 Å². The SMILES string of the molecule is CCC(N)C(Sc1ccncc1)c1cccc(F)c1. The van der Waals surface area contributed by atoms with E-state index in [1.165, 1.54) is 6.07 Å². The van der Waals surface area contributed by atoms with Crippen LogP contribution in [0, 0.1) is 5.82 Å². The maximum absolute atomic E-state index is 13.4. The molecule has 2 N–H and O–H groups in total. The molecule has 2 aromatic rings. The molecule has 0 bridgehead atoms. The third-order valence-corrected chi connectivity index (χ3v) is 4.37. The summed E-state index contributed by atoms with van der Waals surface area (Å²) in [7, 11) is 0. The first-order chi connectivity index (χ1) is 9.20.